The van der Waals surface area contributed by atoms with Gasteiger partial charge in [-0.05, 0) is 37.8 Å². The highest BCUT2D eigenvalue weighted by molar-refractivity contribution is 5.85. The topological polar surface area (TPSA) is 80.0 Å². The highest BCUT2D eigenvalue weighted by Gasteiger charge is 2.29. The lowest BCUT2D eigenvalue weighted by Gasteiger charge is -2.32. The van der Waals surface area contributed by atoms with Gasteiger partial charge in [-0.15, -0.1) is 24.8 Å². The Kier molecular flexibility index (Phi) is 9.05. The van der Waals surface area contributed by atoms with Crippen molar-refractivity contribution in [2.24, 2.45) is 5.73 Å². The van der Waals surface area contributed by atoms with Crippen molar-refractivity contribution < 1.29 is 0 Å². The van der Waals surface area contributed by atoms with Crippen LogP contribution >= 0.6 is 24.8 Å². The molecule has 26 heavy (non-hydrogen) atoms. The molecule has 0 aliphatic heterocycles. The van der Waals surface area contributed by atoms with Gasteiger partial charge in [0.1, 0.15) is 5.82 Å². The van der Waals surface area contributed by atoms with Gasteiger partial charge in [0.2, 0.25) is 5.95 Å². The molecule has 2 aromatic rings. The van der Waals surface area contributed by atoms with E-state index in [0.717, 1.165) is 55.4 Å². The Morgan fingerprint density at radius 3 is 2.58 bits per heavy atom. The molecule has 0 saturated heterocycles. The quantitative estimate of drug-likeness (QED) is 0.697. The number of nitrogens with zero attached hydrogens (tertiary/aromatic N) is 4. The van der Waals surface area contributed by atoms with E-state index < -0.39 is 0 Å². The van der Waals surface area contributed by atoms with Crippen LogP contribution in [0.1, 0.15) is 36.6 Å². The van der Waals surface area contributed by atoms with Crippen LogP contribution in [0.25, 0.3) is 0 Å². The molecule has 1 aliphatic rings. The van der Waals surface area contributed by atoms with Crippen LogP contribution in [0, 0.1) is 0 Å². The first-order valence-corrected chi connectivity index (χ1v) is 8.57. The van der Waals surface area contributed by atoms with Crippen LogP contribution in [0.2, 0.25) is 0 Å². The van der Waals surface area contributed by atoms with Crippen molar-refractivity contribution in [1.82, 2.24) is 15.0 Å². The van der Waals surface area contributed by atoms with Gasteiger partial charge in [0.25, 0.3) is 0 Å². The smallest absolute Gasteiger partial charge is 0.227 e. The Balaban J connectivity index is 0.00000169. The number of anilines is 2. The Labute approximate surface area is 167 Å². The second kappa shape index (κ2) is 10.5. The van der Waals surface area contributed by atoms with Crippen LogP contribution in [0.3, 0.4) is 0 Å². The molecular formula is C18H28Cl2N6. The fourth-order valence-corrected chi connectivity index (χ4v) is 2.89. The maximum absolute atomic E-state index is 5.92. The maximum atomic E-state index is 5.92. The minimum Gasteiger partial charge on any atom is -0.370 e. The number of pyridine rings is 1. The Hall–Kier alpha value is -1.63. The molecule has 144 valence electrons. The minimum atomic E-state index is 0. The molecule has 3 N–H and O–H groups in total. The van der Waals surface area contributed by atoms with E-state index in [4.69, 9.17) is 5.73 Å². The third kappa shape index (κ3) is 5.97. The summed E-state index contributed by atoms with van der Waals surface area (Å²) in [6.45, 7) is 0.865. The van der Waals surface area contributed by atoms with E-state index in [2.05, 4.69) is 32.4 Å². The molecule has 0 atom stereocenters. The van der Waals surface area contributed by atoms with Crippen LogP contribution < -0.4 is 16.0 Å². The van der Waals surface area contributed by atoms with Gasteiger partial charge >= 0.3 is 0 Å². The number of nitrogens with one attached hydrogen (secondary N) is 1. The Bertz CT molecular complexity index is 662. The van der Waals surface area contributed by atoms with Gasteiger partial charge < -0.3 is 16.0 Å². The lowest BCUT2D eigenvalue weighted by atomic mass is 9.78. The highest BCUT2D eigenvalue weighted by Crippen LogP contribution is 2.35. The van der Waals surface area contributed by atoms with Crippen molar-refractivity contribution >= 4 is 36.6 Å². The molecule has 1 aliphatic carbocycles. The summed E-state index contributed by atoms with van der Waals surface area (Å²) in [5, 5.41) is 3.43. The molecule has 8 heteroatoms. The Morgan fingerprint density at radius 1 is 1.19 bits per heavy atom. The number of rotatable bonds is 7. The second-order valence-electron chi connectivity index (χ2n) is 6.65. The third-order valence-corrected chi connectivity index (χ3v) is 4.37. The normalized spacial score (nSPS) is 18.1. The predicted octanol–water partition coefficient (Wildman–Crippen LogP) is 3.03. The van der Waals surface area contributed by atoms with E-state index in [1.165, 1.54) is 0 Å². The molecule has 1 fully saturated rings. The van der Waals surface area contributed by atoms with Gasteiger partial charge in [-0.25, -0.2) is 4.98 Å². The summed E-state index contributed by atoms with van der Waals surface area (Å²) in [6, 6.07) is 8.43. The number of aryl methyl sites for hydroxylation is 1. The van der Waals surface area contributed by atoms with E-state index >= 15 is 0 Å². The van der Waals surface area contributed by atoms with Crippen LogP contribution in [0.4, 0.5) is 11.8 Å². The molecule has 0 amide bonds. The third-order valence-electron chi connectivity index (χ3n) is 4.37. The zero-order valence-electron chi connectivity index (χ0n) is 15.3. The molecule has 0 bridgehead atoms. The minimum absolute atomic E-state index is 0. The van der Waals surface area contributed by atoms with Crippen LogP contribution in [0.5, 0.6) is 0 Å². The summed E-state index contributed by atoms with van der Waals surface area (Å²) in [5.41, 5.74) is 8.15. The molecule has 0 unspecified atom stereocenters. The van der Waals surface area contributed by atoms with Gasteiger partial charge in [-0.3, -0.25) is 4.98 Å². The van der Waals surface area contributed by atoms with Gasteiger partial charge in [-0.2, -0.15) is 4.98 Å². The highest BCUT2D eigenvalue weighted by atomic mass is 35.5. The largest absolute Gasteiger partial charge is 0.370 e. The summed E-state index contributed by atoms with van der Waals surface area (Å²) in [5.74, 6) is 2.11. The fourth-order valence-electron chi connectivity index (χ4n) is 2.89. The van der Waals surface area contributed by atoms with Crippen LogP contribution in [0.15, 0.2) is 30.5 Å². The van der Waals surface area contributed by atoms with Crippen molar-refractivity contribution in [3.8, 4) is 0 Å². The van der Waals surface area contributed by atoms with Crippen molar-refractivity contribution in [3.05, 3.63) is 41.9 Å². The number of hydrogen-bond acceptors (Lipinski definition) is 6. The van der Waals surface area contributed by atoms with Crippen LogP contribution in [-0.4, -0.2) is 41.6 Å². The molecule has 1 saturated carbocycles. The van der Waals surface area contributed by atoms with Gasteiger partial charge in [0, 0.05) is 50.6 Å². The molecule has 2 aromatic heterocycles. The molecule has 3 rings (SSSR count). The first-order valence-electron chi connectivity index (χ1n) is 8.57. The molecular weight excluding hydrogens is 371 g/mol. The predicted molar refractivity (Wildman–Crippen MR) is 112 cm³/mol. The van der Waals surface area contributed by atoms with Gasteiger partial charge in [0.15, 0.2) is 0 Å². The summed E-state index contributed by atoms with van der Waals surface area (Å²) in [6.07, 6.45) is 5.85. The molecule has 0 aromatic carbocycles. The summed E-state index contributed by atoms with van der Waals surface area (Å²) in [4.78, 5) is 15.6. The number of aromatic nitrogens is 3. The molecule has 2 heterocycles. The average Bonchev–Trinajstić information content (AvgIpc) is 2.56. The summed E-state index contributed by atoms with van der Waals surface area (Å²) >= 11 is 0. The molecule has 6 nitrogen and oxygen atoms in total. The van der Waals surface area contributed by atoms with Crippen molar-refractivity contribution in [2.45, 2.75) is 37.6 Å². The van der Waals surface area contributed by atoms with E-state index in [-0.39, 0.29) is 24.8 Å². The number of nitrogens with two attached hydrogens (primary N) is 1. The average molecular weight is 399 g/mol. The standard InChI is InChI=1S/C18H26N6.2ClH/c1-24(2)18-22-16(13-10-14(19)11-13)12-17(23-18)21-9-5-7-15-6-3-4-8-20-15;;/h3-4,6,8,12-14H,5,7,9-11,19H2,1-2H3,(H,21,22,23);2*1H. The summed E-state index contributed by atoms with van der Waals surface area (Å²) in [7, 11) is 3.94. The zero-order valence-corrected chi connectivity index (χ0v) is 16.9. The lowest BCUT2D eigenvalue weighted by Crippen LogP contribution is -2.35. The lowest BCUT2D eigenvalue weighted by molar-refractivity contribution is 0.345. The molecule has 0 spiro atoms. The number of hydrogen-bond donors (Lipinski definition) is 2. The molecule has 0 radical (unpaired) electrons. The van der Waals surface area contributed by atoms with Gasteiger partial charge in [-0.1, -0.05) is 6.07 Å². The van der Waals surface area contributed by atoms with E-state index in [9.17, 15) is 0 Å². The van der Waals surface area contributed by atoms with Crippen molar-refractivity contribution in [2.75, 3.05) is 30.9 Å². The van der Waals surface area contributed by atoms with Gasteiger partial charge in [0.05, 0.1) is 5.69 Å². The first kappa shape index (κ1) is 22.4. The van der Waals surface area contributed by atoms with E-state index in [0.29, 0.717) is 12.0 Å². The fraction of sp³-hybridized carbons (Fsp3) is 0.500. The monoisotopic (exact) mass is 398 g/mol. The van der Waals surface area contributed by atoms with E-state index in [1.54, 1.807) is 0 Å². The SMILES string of the molecule is CN(C)c1nc(NCCCc2ccccn2)cc(C2CC(N)C2)n1.Cl.Cl. The van der Waals surface area contributed by atoms with Crippen molar-refractivity contribution in [3.63, 3.8) is 0 Å². The van der Waals surface area contributed by atoms with E-state index in [1.807, 2.05) is 37.3 Å². The number of halogens is 2. The van der Waals surface area contributed by atoms with Crippen molar-refractivity contribution in [1.29, 1.82) is 0 Å². The zero-order chi connectivity index (χ0) is 16.9. The maximum Gasteiger partial charge on any atom is 0.227 e. The summed E-state index contributed by atoms with van der Waals surface area (Å²) < 4.78 is 0. The Morgan fingerprint density at radius 2 is 1.96 bits per heavy atom. The van der Waals surface area contributed by atoms with Crippen LogP contribution in [-0.2, 0) is 6.42 Å². The first-order chi connectivity index (χ1) is 11.6. The second-order valence-corrected chi connectivity index (χ2v) is 6.65.